The van der Waals surface area contributed by atoms with Crippen LogP contribution in [-0.4, -0.2) is 16.0 Å². The molecule has 0 spiro atoms. The van der Waals surface area contributed by atoms with Crippen LogP contribution >= 0.6 is 0 Å². The first-order chi connectivity index (χ1) is 7.58. The Hall–Kier alpha value is -2.37. The van der Waals surface area contributed by atoms with E-state index in [2.05, 4.69) is 0 Å². The predicted octanol–water partition coefficient (Wildman–Crippen LogP) is 1.97. The third kappa shape index (κ3) is 1.72. The SMILES string of the molecule is O=C(O)Cc1cc2cccc([N+](=O)[O-])c2o1. The molecule has 0 atom stereocenters. The Kier molecular flexibility index (Phi) is 2.32. The van der Waals surface area contributed by atoms with Crippen molar-refractivity contribution in [1.29, 1.82) is 0 Å². The number of nitro groups is 1. The van der Waals surface area contributed by atoms with Gasteiger partial charge in [-0.3, -0.25) is 14.9 Å². The third-order valence-corrected chi connectivity index (χ3v) is 2.10. The Morgan fingerprint density at radius 3 is 2.88 bits per heavy atom. The van der Waals surface area contributed by atoms with E-state index in [0.29, 0.717) is 5.39 Å². The number of nitro benzene ring substituents is 1. The van der Waals surface area contributed by atoms with Gasteiger partial charge in [0.05, 0.1) is 4.92 Å². The van der Waals surface area contributed by atoms with Gasteiger partial charge in [0.2, 0.25) is 5.58 Å². The van der Waals surface area contributed by atoms with Crippen molar-refractivity contribution in [3.63, 3.8) is 0 Å². The molecular formula is C10H7NO5. The van der Waals surface area contributed by atoms with Crippen LogP contribution in [-0.2, 0) is 11.2 Å². The lowest BCUT2D eigenvalue weighted by atomic mass is 10.2. The first-order valence-electron chi connectivity index (χ1n) is 4.45. The van der Waals surface area contributed by atoms with Crippen molar-refractivity contribution in [1.82, 2.24) is 0 Å². The fourth-order valence-corrected chi connectivity index (χ4v) is 1.48. The lowest BCUT2D eigenvalue weighted by Gasteiger charge is -1.91. The highest BCUT2D eigenvalue weighted by Crippen LogP contribution is 2.28. The molecule has 0 unspecified atom stereocenters. The van der Waals surface area contributed by atoms with Gasteiger partial charge in [-0.05, 0) is 6.07 Å². The van der Waals surface area contributed by atoms with Gasteiger partial charge in [-0.25, -0.2) is 0 Å². The van der Waals surface area contributed by atoms with E-state index >= 15 is 0 Å². The van der Waals surface area contributed by atoms with Crippen molar-refractivity contribution in [3.05, 3.63) is 40.1 Å². The number of aliphatic carboxylic acids is 1. The number of carboxylic acid groups (broad SMARTS) is 1. The van der Waals surface area contributed by atoms with E-state index in [9.17, 15) is 14.9 Å². The number of hydrogen-bond donors (Lipinski definition) is 1. The summed E-state index contributed by atoms with van der Waals surface area (Å²) in [4.78, 5) is 20.6. The highest BCUT2D eigenvalue weighted by Gasteiger charge is 2.17. The lowest BCUT2D eigenvalue weighted by Crippen LogP contribution is -1.97. The molecule has 1 N–H and O–H groups in total. The molecular weight excluding hydrogens is 214 g/mol. The number of fused-ring (bicyclic) bond motifs is 1. The van der Waals surface area contributed by atoms with Gasteiger partial charge >= 0.3 is 11.7 Å². The quantitative estimate of drug-likeness (QED) is 0.631. The molecule has 2 rings (SSSR count). The van der Waals surface area contributed by atoms with Crippen LogP contribution < -0.4 is 0 Å². The average molecular weight is 221 g/mol. The molecule has 6 nitrogen and oxygen atoms in total. The fourth-order valence-electron chi connectivity index (χ4n) is 1.48. The normalized spacial score (nSPS) is 10.5. The molecule has 1 aromatic carbocycles. The maximum atomic E-state index is 10.7. The standard InChI is InChI=1S/C10H7NO5/c12-9(13)5-7-4-6-2-1-3-8(11(14)15)10(6)16-7/h1-4H,5H2,(H,12,13). The number of carbonyl (C=O) groups is 1. The zero-order valence-electron chi connectivity index (χ0n) is 8.04. The number of carboxylic acids is 1. The Labute approximate surface area is 89.2 Å². The van der Waals surface area contributed by atoms with Gasteiger partial charge in [-0.15, -0.1) is 0 Å². The van der Waals surface area contributed by atoms with E-state index in [-0.39, 0.29) is 23.5 Å². The lowest BCUT2D eigenvalue weighted by molar-refractivity contribution is -0.383. The number of para-hydroxylation sites is 1. The molecule has 0 bridgehead atoms. The molecule has 82 valence electrons. The first kappa shape index (κ1) is 10.2. The van der Waals surface area contributed by atoms with Crippen molar-refractivity contribution in [2.45, 2.75) is 6.42 Å². The van der Waals surface area contributed by atoms with Gasteiger partial charge in [0, 0.05) is 11.5 Å². The van der Waals surface area contributed by atoms with E-state index in [1.165, 1.54) is 18.2 Å². The summed E-state index contributed by atoms with van der Waals surface area (Å²) in [7, 11) is 0. The van der Waals surface area contributed by atoms with Crippen LogP contribution in [0, 0.1) is 10.1 Å². The Balaban J connectivity index is 2.56. The zero-order valence-corrected chi connectivity index (χ0v) is 8.04. The molecule has 0 saturated heterocycles. The van der Waals surface area contributed by atoms with Gasteiger partial charge in [0.15, 0.2) is 0 Å². The highest BCUT2D eigenvalue weighted by molar-refractivity contribution is 5.87. The number of furan rings is 1. The summed E-state index contributed by atoms with van der Waals surface area (Å²) in [6.07, 6.45) is -0.286. The molecule has 0 aliphatic rings. The number of rotatable bonds is 3. The van der Waals surface area contributed by atoms with Gasteiger partial charge in [-0.1, -0.05) is 12.1 Å². The van der Waals surface area contributed by atoms with Crippen LogP contribution in [0.25, 0.3) is 11.0 Å². The zero-order chi connectivity index (χ0) is 11.7. The third-order valence-electron chi connectivity index (χ3n) is 2.10. The largest absolute Gasteiger partial charge is 0.481 e. The summed E-state index contributed by atoms with van der Waals surface area (Å²) in [6.45, 7) is 0. The fraction of sp³-hybridized carbons (Fsp3) is 0.100. The summed E-state index contributed by atoms with van der Waals surface area (Å²) in [5.41, 5.74) is -0.0436. The van der Waals surface area contributed by atoms with Crippen molar-refractivity contribution in [3.8, 4) is 0 Å². The maximum Gasteiger partial charge on any atom is 0.312 e. The van der Waals surface area contributed by atoms with Gasteiger partial charge in [0.25, 0.3) is 0 Å². The number of non-ortho nitro benzene ring substituents is 1. The van der Waals surface area contributed by atoms with Crippen LogP contribution in [0.15, 0.2) is 28.7 Å². The Bertz CT molecular complexity index is 572. The molecule has 0 aliphatic heterocycles. The molecule has 0 amide bonds. The molecule has 16 heavy (non-hydrogen) atoms. The van der Waals surface area contributed by atoms with E-state index in [1.807, 2.05) is 0 Å². The minimum Gasteiger partial charge on any atom is -0.481 e. The van der Waals surface area contributed by atoms with Crippen LogP contribution in [0.2, 0.25) is 0 Å². The van der Waals surface area contributed by atoms with Crippen LogP contribution in [0.5, 0.6) is 0 Å². The molecule has 1 heterocycles. The summed E-state index contributed by atoms with van der Waals surface area (Å²) in [5.74, 6) is -0.835. The second-order valence-electron chi connectivity index (χ2n) is 3.24. The summed E-state index contributed by atoms with van der Waals surface area (Å²) in [5, 5.41) is 19.8. The Morgan fingerprint density at radius 1 is 1.50 bits per heavy atom. The summed E-state index contributed by atoms with van der Waals surface area (Å²) < 4.78 is 5.15. The van der Waals surface area contributed by atoms with E-state index < -0.39 is 10.9 Å². The smallest absolute Gasteiger partial charge is 0.312 e. The monoisotopic (exact) mass is 221 g/mol. The second kappa shape index (κ2) is 3.65. The molecule has 6 heteroatoms. The van der Waals surface area contributed by atoms with Gasteiger partial charge < -0.3 is 9.52 Å². The maximum absolute atomic E-state index is 10.7. The van der Waals surface area contributed by atoms with Gasteiger partial charge in [-0.2, -0.15) is 0 Å². The molecule has 2 aromatic rings. The van der Waals surface area contributed by atoms with E-state index in [1.54, 1.807) is 6.07 Å². The average Bonchev–Trinajstić information content (AvgIpc) is 2.57. The van der Waals surface area contributed by atoms with Crippen LogP contribution in [0.3, 0.4) is 0 Å². The van der Waals surface area contributed by atoms with Gasteiger partial charge in [0.1, 0.15) is 12.2 Å². The van der Waals surface area contributed by atoms with E-state index in [0.717, 1.165) is 0 Å². The molecule has 0 saturated carbocycles. The molecule has 1 aromatic heterocycles. The number of hydrogen-bond acceptors (Lipinski definition) is 4. The molecule has 0 fully saturated rings. The van der Waals surface area contributed by atoms with Crippen LogP contribution in [0.1, 0.15) is 5.76 Å². The number of nitrogens with zero attached hydrogens (tertiary/aromatic N) is 1. The van der Waals surface area contributed by atoms with Crippen molar-refractivity contribution in [2.24, 2.45) is 0 Å². The summed E-state index contributed by atoms with van der Waals surface area (Å²) in [6, 6.07) is 5.98. The predicted molar refractivity (Wildman–Crippen MR) is 54.2 cm³/mol. The minimum atomic E-state index is -1.04. The van der Waals surface area contributed by atoms with Crippen LogP contribution in [0.4, 0.5) is 5.69 Å². The summed E-state index contributed by atoms with van der Waals surface area (Å²) >= 11 is 0. The Morgan fingerprint density at radius 2 is 2.25 bits per heavy atom. The minimum absolute atomic E-state index is 0.115. The number of benzene rings is 1. The second-order valence-corrected chi connectivity index (χ2v) is 3.24. The topological polar surface area (TPSA) is 93.6 Å². The molecule has 0 aliphatic carbocycles. The van der Waals surface area contributed by atoms with Crippen molar-refractivity contribution < 1.29 is 19.2 Å². The molecule has 0 radical (unpaired) electrons. The van der Waals surface area contributed by atoms with Crippen molar-refractivity contribution >= 4 is 22.6 Å². The first-order valence-corrected chi connectivity index (χ1v) is 4.45. The highest BCUT2D eigenvalue weighted by atomic mass is 16.6. The van der Waals surface area contributed by atoms with E-state index in [4.69, 9.17) is 9.52 Å². The van der Waals surface area contributed by atoms with Crippen molar-refractivity contribution in [2.75, 3.05) is 0 Å².